The van der Waals surface area contributed by atoms with Crippen molar-refractivity contribution < 1.29 is 0 Å². The van der Waals surface area contributed by atoms with Crippen LogP contribution in [-0.2, 0) is 6.54 Å². The van der Waals surface area contributed by atoms with Crippen LogP contribution in [0.2, 0.25) is 0 Å². The number of rotatable bonds is 3. The van der Waals surface area contributed by atoms with Crippen LogP contribution >= 0.6 is 15.9 Å². The molecule has 3 heteroatoms. The van der Waals surface area contributed by atoms with E-state index in [9.17, 15) is 0 Å². The molecule has 0 unspecified atom stereocenters. The van der Waals surface area contributed by atoms with Crippen molar-refractivity contribution in [2.75, 3.05) is 5.32 Å². The monoisotopic (exact) mass is 312 g/mol. The van der Waals surface area contributed by atoms with Crippen molar-refractivity contribution in [1.82, 2.24) is 4.98 Å². The first-order valence-electron chi connectivity index (χ1n) is 6.14. The van der Waals surface area contributed by atoms with Crippen molar-refractivity contribution in [1.29, 1.82) is 0 Å². The minimum atomic E-state index is 0.806. The first kappa shape index (κ1) is 12.2. The van der Waals surface area contributed by atoms with Crippen molar-refractivity contribution in [2.24, 2.45) is 0 Å². The van der Waals surface area contributed by atoms with Gasteiger partial charge in [0.05, 0.1) is 0 Å². The van der Waals surface area contributed by atoms with E-state index in [-0.39, 0.29) is 0 Å². The van der Waals surface area contributed by atoms with Crippen molar-refractivity contribution in [3.8, 4) is 0 Å². The molecule has 1 N–H and O–H groups in total. The lowest BCUT2D eigenvalue weighted by atomic mass is 10.1. The lowest BCUT2D eigenvalue weighted by Crippen LogP contribution is -1.99. The third-order valence-corrected chi connectivity index (χ3v) is 3.75. The number of hydrogen-bond acceptors (Lipinski definition) is 2. The second-order valence-corrected chi connectivity index (χ2v) is 5.24. The van der Waals surface area contributed by atoms with E-state index < -0.39 is 0 Å². The van der Waals surface area contributed by atoms with Gasteiger partial charge in [-0.25, -0.2) is 0 Å². The molecule has 0 saturated heterocycles. The van der Waals surface area contributed by atoms with Gasteiger partial charge in [0.2, 0.25) is 0 Å². The van der Waals surface area contributed by atoms with Gasteiger partial charge in [0.1, 0.15) is 0 Å². The molecule has 2 aromatic carbocycles. The first-order chi connectivity index (χ1) is 9.33. The number of nitrogens with zero attached hydrogens (tertiary/aromatic N) is 1. The lowest BCUT2D eigenvalue weighted by molar-refractivity contribution is 1.15. The minimum Gasteiger partial charge on any atom is -0.380 e. The molecule has 3 aromatic rings. The largest absolute Gasteiger partial charge is 0.380 e. The van der Waals surface area contributed by atoms with Crippen LogP contribution in [0, 0.1) is 0 Å². The van der Waals surface area contributed by atoms with Crippen LogP contribution in [0.25, 0.3) is 10.8 Å². The zero-order valence-electron chi connectivity index (χ0n) is 10.3. The molecular formula is C16H13BrN2. The Kier molecular flexibility index (Phi) is 3.47. The number of aromatic nitrogens is 1. The van der Waals surface area contributed by atoms with Crippen LogP contribution in [0.3, 0.4) is 0 Å². The summed E-state index contributed by atoms with van der Waals surface area (Å²) in [5.74, 6) is 0. The van der Waals surface area contributed by atoms with Crippen LogP contribution in [0.5, 0.6) is 0 Å². The van der Waals surface area contributed by atoms with Gasteiger partial charge in [-0.2, -0.15) is 0 Å². The van der Waals surface area contributed by atoms with E-state index in [1.54, 1.807) is 0 Å². The minimum absolute atomic E-state index is 0.806. The average molecular weight is 313 g/mol. The number of hydrogen-bond donors (Lipinski definition) is 1. The summed E-state index contributed by atoms with van der Waals surface area (Å²) >= 11 is 3.54. The Morgan fingerprint density at radius 2 is 1.89 bits per heavy atom. The predicted molar refractivity (Wildman–Crippen MR) is 83.2 cm³/mol. The van der Waals surface area contributed by atoms with Gasteiger partial charge in [-0.1, -0.05) is 24.3 Å². The van der Waals surface area contributed by atoms with Crippen LogP contribution in [0.4, 0.5) is 5.69 Å². The predicted octanol–water partition coefficient (Wildman–Crippen LogP) is 4.61. The number of pyridine rings is 1. The molecular weight excluding hydrogens is 300 g/mol. The van der Waals surface area contributed by atoms with Gasteiger partial charge in [0, 0.05) is 34.5 Å². The van der Waals surface area contributed by atoms with E-state index in [2.05, 4.69) is 50.5 Å². The molecule has 3 rings (SSSR count). The number of para-hydroxylation sites is 1. The van der Waals surface area contributed by atoms with Gasteiger partial charge in [0.15, 0.2) is 0 Å². The summed E-state index contributed by atoms with van der Waals surface area (Å²) in [4.78, 5) is 4.13. The summed E-state index contributed by atoms with van der Waals surface area (Å²) in [5.41, 5.74) is 2.37. The average Bonchev–Trinajstić information content (AvgIpc) is 2.46. The fraction of sp³-hybridized carbons (Fsp3) is 0.0625. The molecule has 0 spiro atoms. The Hall–Kier alpha value is -1.87. The number of nitrogens with one attached hydrogen (secondary N) is 1. The lowest BCUT2D eigenvalue weighted by Gasteiger charge is -2.09. The molecule has 0 aliphatic carbocycles. The number of anilines is 1. The Balaban J connectivity index is 1.80. The number of halogens is 1. The van der Waals surface area contributed by atoms with E-state index >= 15 is 0 Å². The highest BCUT2D eigenvalue weighted by Gasteiger charge is 1.99. The molecule has 0 radical (unpaired) electrons. The fourth-order valence-electron chi connectivity index (χ4n) is 2.04. The van der Waals surface area contributed by atoms with Crippen LogP contribution in [0.15, 0.2) is 65.4 Å². The second kappa shape index (κ2) is 5.41. The SMILES string of the molecule is Brc1ccccc1NCc1ccc2cnccc2c1. The zero-order chi connectivity index (χ0) is 13.1. The van der Waals surface area contributed by atoms with Crippen molar-refractivity contribution in [3.05, 3.63) is 71.0 Å². The highest BCUT2D eigenvalue weighted by molar-refractivity contribution is 9.10. The molecule has 1 heterocycles. The maximum atomic E-state index is 4.13. The van der Waals surface area contributed by atoms with Crippen LogP contribution < -0.4 is 5.32 Å². The molecule has 1 aromatic heterocycles. The molecule has 19 heavy (non-hydrogen) atoms. The number of fused-ring (bicyclic) bond motifs is 1. The molecule has 0 aliphatic rings. The highest BCUT2D eigenvalue weighted by atomic mass is 79.9. The molecule has 0 amide bonds. The second-order valence-electron chi connectivity index (χ2n) is 4.39. The maximum absolute atomic E-state index is 4.13. The summed E-state index contributed by atoms with van der Waals surface area (Å²) in [6, 6.07) is 16.6. The van der Waals surface area contributed by atoms with E-state index in [1.165, 1.54) is 16.3 Å². The van der Waals surface area contributed by atoms with Crippen molar-refractivity contribution in [2.45, 2.75) is 6.54 Å². The summed E-state index contributed by atoms with van der Waals surface area (Å²) in [5, 5.41) is 5.83. The Labute approximate surface area is 120 Å². The van der Waals surface area contributed by atoms with Crippen molar-refractivity contribution >= 4 is 32.4 Å². The third-order valence-electron chi connectivity index (χ3n) is 3.06. The quantitative estimate of drug-likeness (QED) is 0.764. The van der Waals surface area contributed by atoms with Crippen molar-refractivity contribution in [3.63, 3.8) is 0 Å². The van der Waals surface area contributed by atoms with E-state index in [4.69, 9.17) is 0 Å². The summed E-state index contributed by atoms with van der Waals surface area (Å²) < 4.78 is 1.08. The highest BCUT2D eigenvalue weighted by Crippen LogP contribution is 2.22. The Bertz CT molecular complexity index is 710. The fourth-order valence-corrected chi connectivity index (χ4v) is 2.47. The Morgan fingerprint density at radius 3 is 2.79 bits per heavy atom. The molecule has 0 saturated carbocycles. The van der Waals surface area contributed by atoms with Gasteiger partial charge in [-0.3, -0.25) is 4.98 Å². The Morgan fingerprint density at radius 1 is 1.00 bits per heavy atom. The van der Waals surface area contributed by atoms with Crippen LogP contribution in [0.1, 0.15) is 5.56 Å². The molecule has 2 nitrogen and oxygen atoms in total. The van der Waals surface area contributed by atoms with Gasteiger partial charge in [-0.05, 0) is 51.1 Å². The third kappa shape index (κ3) is 2.76. The standard InChI is InChI=1S/C16H13BrN2/c17-15-3-1-2-4-16(15)19-10-12-5-6-14-11-18-8-7-13(14)9-12/h1-9,11,19H,10H2. The van der Waals surface area contributed by atoms with Gasteiger partial charge in [-0.15, -0.1) is 0 Å². The first-order valence-corrected chi connectivity index (χ1v) is 6.93. The van der Waals surface area contributed by atoms with Gasteiger partial charge in [0.25, 0.3) is 0 Å². The maximum Gasteiger partial charge on any atom is 0.0487 e. The molecule has 0 bridgehead atoms. The summed E-state index contributed by atoms with van der Waals surface area (Å²) in [7, 11) is 0. The van der Waals surface area contributed by atoms with Crippen LogP contribution in [-0.4, -0.2) is 4.98 Å². The normalized spacial score (nSPS) is 10.6. The van der Waals surface area contributed by atoms with Gasteiger partial charge >= 0.3 is 0 Å². The zero-order valence-corrected chi connectivity index (χ0v) is 11.9. The topological polar surface area (TPSA) is 24.9 Å². The van der Waals surface area contributed by atoms with E-state index in [1.807, 2.05) is 36.7 Å². The van der Waals surface area contributed by atoms with Gasteiger partial charge < -0.3 is 5.32 Å². The summed E-state index contributed by atoms with van der Waals surface area (Å²) in [6.07, 6.45) is 3.72. The molecule has 0 atom stereocenters. The smallest absolute Gasteiger partial charge is 0.0487 e. The number of benzene rings is 2. The van der Waals surface area contributed by atoms with E-state index in [0.717, 1.165) is 16.7 Å². The molecule has 94 valence electrons. The molecule has 0 fully saturated rings. The molecule has 0 aliphatic heterocycles. The summed E-state index contributed by atoms with van der Waals surface area (Å²) in [6.45, 7) is 0.806. The van der Waals surface area contributed by atoms with E-state index in [0.29, 0.717) is 0 Å².